The van der Waals surface area contributed by atoms with E-state index in [-0.39, 0.29) is 17.7 Å². The van der Waals surface area contributed by atoms with E-state index in [1.165, 1.54) is 0 Å². The standard InChI is InChI=1S/C20H21N5O2S/c26-19(22-13-16-2-1-11-28-16)15-5-9-25(10-6-15)20(27)18-12-17(23-24-18)14-3-7-21-8-4-14/h1-4,7-8,11-12,15H,5-6,9-10,13H2,(H,22,26)(H,23,24). The third-order valence-electron chi connectivity index (χ3n) is 4.95. The van der Waals surface area contributed by atoms with Crippen LogP contribution < -0.4 is 5.32 Å². The second-order valence-electron chi connectivity index (χ2n) is 6.77. The minimum atomic E-state index is -0.0785. The number of thiophene rings is 1. The first kappa shape index (κ1) is 18.4. The molecule has 0 aromatic carbocycles. The molecule has 8 heteroatoms. The van der Waals surface area contributed by atoms with E-state index in [0.717, 1.165) is 10.4 Å². The molecule has 3 aromatic heterocycles. The fraction of sp³-hybridized carbons (Fsp3) is 0.300. The molecule has 144 valence electrons. The minimum Gasteiger partial charge on any atom is -0.351 e. The maximum Gasteiger partial charge on any atom is 0.271 e. The van der Waals surface area contributed by atoms with Crippen LogP contribution in [0.4, 0.5) is 0 Å². The number of carbonyl (C=O) groups is 2. The SMILES string of the molecule is O=C(NCc1cccs1)C1CCN(C(=O)c2cc(-c3ccncc3)n[nH]2)CC1. The quantitative estimate of drug-likeness (QED) is 0.695. The number of amides is 2. The van der Waals surface area contributed by atoms with Crippen LogP contribution in [0.1, 0.15) is 28.2 Å². The van der Waals surface area contributed by atoms with E-state index in [1.54, 1.807) is 34.7 Å². The summed E-state index contributed by atoms with van der Waals surface area (Å²) in [6.07, 6.45) is 4.74. The molecule has 0 unspecified atom stereocenters. The molecule has 28 heavy (non-hydrogen) atoms. The van der Waals surface area contributed by atoms with Gasteiger partial charge in [0.25, 0.3) is 5.91 Å². The number of hydrogen-bond acceptors (Lipinski definition) is 5. The summed E-state index contributed by atoms with van der Waals surface area (Å²) in [4.78, 5) is 32.0. The summed E-state index contributed by atoms with van der Waals surface area (Å²) < 4.78 is 0. The lowest BCUT2D eigenvalue weighted by atomic mass is 9.95. The average Bonchev–Trinajstić information content (AvgIpc) is 3.44. The highest BCUT2D eigenvalue weighted by molar-refractivity contribution is 7.09. The number of nitrogens with one attached hydrogen (secondary N) is 2. The zero-order chi connectivity index (χ0) is 19.3. The molecule has 2 amide bonds. The second-order valence-corrected chi connectivity index (χ2v) is 7.80. The number of pyridine rings is 1. The van der Waals surface area contributed by atoms with E-state index in [0.29, 0.717) is 43.9 Å². The molecule has 1 saturated heterocycles. The van der Waals surface area contributed by atoms with Crippen molar-refractivity contribution in [1.82, 2.24) is 25.4 Å². The van der Waals surface area contributed by atoms with Gasteiger partial charge in [0, 0.05) is 41.8 Å². The molecule has 1 aliphatic rings. The molecule has 0 radical (unpaired) electrons. The molecule has 3 aromatic rings. The van der Waals surface area contributed by atoms with E-state index >= 15 is 0 Å². The van der Waals surface area contributed by atoms with Crippen molar-refractivity contribution in [3.05, 3.63) is 58.7 Å². The third kappa shape index (κ3) is 4.12. The van der Waals surface area contributed by atoms with Crippen LogP contribution in [-0.2, 0) is 11.3 Å². The van der Waals surface area contributed by atoms with Crippen LogP contribution in [0.25, 0.3) is 11.3 Å². The zero-order valence-electron chi connectivity index (χ0n) is 15.3. The topological polar surface area (TPSA) is 91.0 Å². The predicted molar refractivity (Wildman–Crippen MR) is 107 cm³/mol. The van der Waals surface area contributed by atoms with Crippen molar-refractivity contribution in [2.45, 2.75) is 19.4 Å². The highest BCUT2D eigenvalue weighted by Crippen LogP contribution is 2.21. The predicted octanol–water partition coefficient (Wildman–Crippen LogP) is 2.70. The van der Waals surface area contributed by atoms with Crippen LogP contribution in [0, 0.1) is 5.92 Å². The number of rotatable bonds is 5. The lowest BCUT2D eigenvalue weighted by Crippen LogP contribution is -2.43. The van der Waals surface area contributed by atoms with Gasteiger partial charge in [-0.15, -0.1) is 11.3 Å². The van der Waals surface area contributed by atoms with Gasteiger partial charge < -0.3 is 10.2 Å². The summed E-state index contributed by atoms with van der Waals surface area (Å²) in [5, 5.41) is 12.1. The maximum absolute atomic E-state index is 12.7. The van der Waals surface area contributed by atoms with E-state index in [9.17, 15) is 9.59 Å². The molecule has 1 fully saturated rings. The lowest BCUT2D eigenvalue weighted by Gasteiger charge is -2.31. The summed E-state index contributed by atoms with van der Waals surface area (Å²) in [5.41, 5.74) is 2.09. The van der Waals surface area contributed by atoms with Crippen molar-refractivity contribution in [1.29, 1.82) is 0 Å². The molecule has 2 N–H and O–H groups in total. The molecule has 0 saturated carbocycles. The maximum atomic E-state index is 12.7. The van der Waals surface area contributed by atoms with Crippen LogP contribution in [-0.4, -0.2) is 45.0 Å². The number of piperidine rings is 1. The summed E-state index contributed by atoms with van der Waals surface area (Å²) in [6, 6.07) is 9.45. The van der Waals surface area contributed by atoms with Crippen LogP contribution >= 0.6 is 11.3 Å². The Labute approximate surface area is 166 Å². The highest BCUT2D eigenvalue weighted by Gasteiger charge is 2.28. The van der Waals surface area contributed by atoms with Crippen LogP contribution in [0.3, 0.4) is 0 Å². The Kier molecular flexibility index (Phi) is 5.48. The van der Waals surface area contributed by atoms with Crippen LogP contribution in [0.2, 0.25) is 0 Å². The number of aromatic nitrogens is 3. The lowest BCUT2D eigenvalue weighted by molar-refractivity contribution is -0.126. The molecular weight excluding hydrogens is 374 g/mol. The number of H-pyrrole nitrogens is 1. The van der Waals surface area contributed by atoms with Crippen molar-refractivity contribution in [2.75, 3.05) is 13.1 Å². The van der Waals surface area contributed by atoms with Crippen molar-refractivity contribution in [2.24, 2.45) is 5.92 Å². The van der Waals surface area contributed by atoms with Gasteiger partial charge in [-0.2, -0.15) is 5.10 Å². The van der Waals surface area contributed by atoms with Crippen molar-refractivity contribution >= 4 is 23.2 Å². The first-order chi connectivity index (χ1) is 13.7. The van der Waals surface area contributed by atoms with Gasteiger partial charge in [-0.25, -0.2) is 0 Å². The smallest absolute Gasteiger partial charge is 0.271 e. The number of likely N-dealkylation sites (tertiary alicyclic amines) is 1. The highest BCUT2D eigenvalue weighted by atomic mass is 32.1. The van der Waals surface area contributed by atoms with Crippen molar-refractivity contribution in [3.8, 4) is 11.3 Å². The molecule has 0 atom stereocenters. The van der Waals surface area contributed by atoms with Gasteiger partial charge in [0.15, 0.2) is 0 Å². The van der Waals surface area contributed by atoms with E-state index in [4.69, 9.17) is 0 Å². The Hall–Kier alpha value is -3.00. The fourth-order valence-electron chi connectivity index (χ4n) is 3.35. The Bertz CT molecular complexity index is 931. The Morgan fingerprint density at radius 3 is 2.71 bits per heavy atom. The van der Waals surface area contributed by atoms with Gasteiger partial charge in [0.1, 0.15) is 5.69 Å². The van der Waals surface area contributed by atoms with Crippen molar-refractivity contribution < 1.29 is 9.59 Å². The number of hydrogen-bond donors (Lipinski definition) is 2. The van der Waals surface area contributed by atoms with Crippen LogP contribution in [0.15, 0.2) is 48.1 Å². The molecule has 4 rings (SSSR count). The first-order valence-corrected chi connectivity index (χ1v) is 10.1. The zero-order valence-corrected chi connectivity index (χ0v) is 16.1. The molecule has 7 nitrogen and oxygen atoms in total. The normalized spacial score (nSPS) is 14.8. The van der Waals surface area contributed by atoms with E-state index in [1.807, 2.05) is 29.6 Å². The summed E-state index contributed by atoms with van der Waals surface area (Å²) in [6.45, 7) is 1.71. The number of carbonyl (C=O) groups excluding carboxylic acids is 2. The molecule has 0 aliphatic carbocycles. The molecule has 1 aliphatic heterocycles. The Morgan fingerprint density at radius 1 is 1.21 bits per heavy atom. The van der Waals surface area contributed by atoms with Gasteiger partial charge in [-0.05, 0) is 42.5 Å². The van der Waals surface area contributed by atoms with Gasteiger partial charge in [0.05, 0.1) is 12.2 Å². The fourth-order valence-corrected chi connectivity index (χ4v) is 3.99. The van der Waals surface area contributed by atoms with Gasteiger partial charge in [-0.1, -0.05) is 6.07 Å². The molecular formula is C20H21N5O2S. The van der Waals surface area contributed by atoms with Gasteiger partial charge in [0.2, 0.25) is 5.91 Å². The second kappa shape index (κ2) is 8.35. The first-order valence-electron chi connectivity index (χ1n) is 9.26. The van der Waals surface area contributed by atoms with Gasteiger partial charge in [-0.3, -0.25) is 19.7 Å². The Morgan fingerprint density at radius 2 is 2.00 bits per heavy atom. The summed E-state index contributed by atoms with van der Waals surface area (Å²) in [7, 11) is 0. The monoisotopic (exact) mass is 395 g/mol. The average molecular weight is 395 g/mol. The van der Waals surface area contributed by atoms with Crippen LogP contribution in [0.5, 0.6) is 0 Å². The third-order valence-corrected chi connectivity index (χ3v) is 5.83. The largest absolute Gasteiger partial charge is 0.351 e. The molecule has 0 spiro atoms. The Balaban J connectivity index is 1.30. The number of nitrogens with zero attached hydrogens (tertiary/aromatic N) is 3. The van der Waals surface area contributed by atoms with E-state index in [2.05, 4.69) is 20.5 Å². The number of aromatic amines is 1. The summed E-state index contributed by atoms with van der Waals surface area (Å²) in [5.74, 6) is -0.0505. The van der Waals surface area contributed by atoms with Gasteiger partial charge >= 0.3 is 0 Å². The summed E-state index contributed by atoms with van der Waals surface area (Å²) >= 11 is 1.63. The van der Waals surface area contributed by atoms with Crippen molar-refractivity contribution in [3.63, 3.8) is 0 Å². The molecule has 4 heterocycles. The molecule has 0 bridgehead atoms. The minimum absolute atomic E-state index is 0.0434. The van der Waals surface area contributed by atoms with E-state index < -0.39 is 0 Å².